The summed E-state index contributed by atoms with van der Waals surface area (Å²) in [7, 11) is 0. The largest absolute Gasteiger partial charge is 0.319 e. The molecule has 80 valence electrons. The van der Waals surface area contributed by atoms with Crippen molar-refractivity contribution in [2.24, 2.45) is 5.73 Å². The Morgan fingerprint density at radius 2 is 1.79 bits per heavy atom. The Bertz CT molecular complexity index is 288. The number of hydrogen-bond donors (Lipinski definition) is 1. The zero-order valence-corrected chi connectivity index (χ0v) is 9.29. The van der Waals surface area contributed by atoms with Crippen molar-refractivity contribution in [1.29, 1.82) is 0 Å². The Labute approximate surface area is 94.0 Å². The summed E-state index contributed by atoms with van der Waals surface area (Å²) in [6.07, 6.45) is -2.69. The number of halogens is 5. The Morgan fingerprint density at radius 1 is 1.21 bits per heavy atom. The molecule has 0 bridgehead atoms. The summed E-state index contributed by atoms with van der Waals surface area (Å²) in [5.74, 6) is -0.583. The first-order valence-electron chi connectivity index (χ1n) is 3.50. The lowest BCUT2D eigenvalue weighted by Crippen LogP contribution is -2.18. The van der Waals surface area contributed by atoms with Gasteiger partial charge in [0, 0.05) is 4.47 Å². The van der Waals surface area contributed by atoms with Crippen molar-refractivity contribution in [3.63, 3.8) is 0 Å². The van der Waals surface area contributed by atoms with Crippen LogP contribution in [0.3, 0.4) is 0 Å². The summed E-state index contributed by atoms with van der Waals surface area (Å²) in [6, 6.07) is 2.12. The predicted molar refractivity (Wildman–Crippen MR) is 54.3 cm³/mol. The molecule has 0 aromatic heterocycles. The fourth-order valence-corrected chi connectivity index (χ4v) is 1.40. The van der Waals surface area contributed by atoms with Gasteiger partial charge in [0.05, 0.1) is 6.04 Å². The van der Waals surface area contributed by atoms with Crippen LogP contribution in [0.5, 0.6) is 0 Å². The molecule has 0 radical (unpaired) electrons. The normalized spacial score (nSPS) is 12.4. The lowest BCUT2D eigenvalue weighted by Gasteiger charge is -2.10. The maximum atomic E-state index is 12.7. The van der Waals surface area contributed by atoms with Crippen LogP contribution in [0.1, 0.15) is 11.6 Å². The Balaban J connectivity index is 0.00000169. The second kappa shape index (κ2) is 5.58. The van der Waals surface area contributed by atoms with Crippen molar-refractivity contribution in [2.75, 3.05) is 0 Å². The fourth-order valence-electron chi connectivity index (χ4n) is 0.913. The molecule has 2 N–H and O–H groups in total. The van der Waals surface area contributed by atoms with E-state index in [-0.39, 0.29) is 18.0 Å². The maximum absolute atomic E-state index is 12.7. The molecule has 0 fully saturated rings. The number of hydrogen-bond acceptors (Lipinski definition) is 1. The quantitative estimate of drug-likeness (QED) is 0.889. The van der Waals surface area contributed by atoms with Gasteiger partial charge in [-0.05, 0) is 23.8 Å². The molecule has 0 spiro atoms. The summed E-state index contributed by atoms with van der Waals surface area (Å²) < 4.78 is 37.4. The standard InChI is InChI=1S/C8H7BrF3N.ClH/c9-5-1-4(2-6(10)3-5)7(13)8(11)12;/h1-3,7-8H,13H2;1H/t7-;/m1./s1. The Morgan fingerprint density at radius 3 is 2.21 bits per heavy atom. The van der Waals surface area contributed by atoms with Gasteiger partial charge in [0.2, 0.25) is 0 Å². The first-order chi connectivity index (χ1) is 6.00. The topological polar surface area (TPSA) is 26.0 Å². The van der Waals surface area contributed by atoms with E-state index in [0.717, 1.165) is 6.07 Å². The van der Waals surface area contributed by atoms with Crippen LogP contribution in [0.15, 0.2) is 22.7 Å². The number of benzene rings is 1. The maximum Gasteiger partial charge on any atom is 0.257 e. The third kappa shape index (κ3) is 3.48. The summed E-state index contributed by atoms with van der Waals surface area (Å²) >= 11 is 2.99. The zero-order valence-electron chi connectivity index (χ0n) is 6.88. The molecular weight excluding hydrogens is 282 g/mol. The molecule has 0 saturated heterocycles. The zero-order chi connectivity index (χ0) is 10.0. The average Bonchev–Trinajstić information content (AvgIpc) is 2.01. The first-order valence-corrected chi connectivity index (χ1v) is 4.29. The Hall–Kier alpha value is -0.260. The van der Waals surface area contributed by atoms with E-state index in [4.69, 9.17) is 5.73 Å². The molecule has 0 aliphatic carbocycles. The minimum atomic E-state index is -2.69. The van der Waals surface area contributed by atoms with Crippen LogP contribution in [0, 0.1) is 5.82 Å². The van der Waals surface area contributed by atoms with Gasteiger partial charge >= 0.3 is 0 Å². The minimum absolute atomic E-state index is 0. The van der Waals surface area contributed by atoms with Gasteiger partial charge < -0.3 is 5.73 Å². The smallest absolute Gasteiger partial charge is 0.257 e. The Kier molecular flexibility index (Phi) is 5.48. The molecule has 1 nitrogen and oxygen atoms in total. The van der Waals surface area contributed by atoms with E-state index in [1.807, 2.05) is 0 Å². The highest BCUT2D eigenvalue weighted by molar-refractivity contribution is 9.10. The summed E-state index contributed by atoms with van der Waals surface area (Å²) in [6.45, 7) is 0. The molecule has 14 heavy (non-hydrogen) atoms. The van der Waals surface area contributed by atoms with Crippen LogP contribution in [-0.4, -0.2) is 6.43 Å². The van der Waals surface area contributed by atoms with E-state index in [1.54, 1.807) is 0 Å². The fraction of sp³-hybridized carbons (Fsp3) is 0.250. The second-order valence-corrected chi connectivity index (χ2v) is 3.48. The molecule has 6 heteroatoms. The average molecular weight is 291 g/mol. The van der Waals surface area contributed by atoms with Crippen LogP contribution >= 0.6 is 28.3 Å². The molecule has 0 aliphatic rings. The van der Waals surface area contributed by atoms with Gasteiger partial charge in [0.15, 0.2) is 0 Å². The SMILES string of the molecule is Cl.N[C@H](c1cc(F)cc(Br)c1)C(F)F. The number of rotatable bonds is 2. The molecule has 1 aromatic carbocycles. The van der Waals surface area contributed by atoms with E-state index < -0.39 is 18.3 Å². The molecular formula is C8H8BrClF3N. The minimum Gasteiger partial charge on any atom is -0.319 e. The molecule has 0 saturated carbocycles. The third-order valence-corrected chi connectivity index (χ3v) is 2.00. The van der Waals surface area contributed by atoms with Gasteiger partial charge in [0.25, 0.3) is 6.43 Å². The van der Waals surface area contributed by atoms with Crippen molar-refractivity contribution in [1.82, 2.24) is 0 Å². The molecule has 0 amide bonds. The predicted octanol–water partition coefficient (Wildman–Crippen LogP) is 3.27. The van der Waals surface area contributed by atoms with E-state index in [0.29, 0.717) is 4.47 Å². The lowest BCUT2D eigenvalue weighted by atomic mass is 10.1. The third-order valence-electron chi connectivity index (χ3n) is 1.54. The molecule has 0 aliphatic heterocycles. The van der Waals surface area contributed by atoms with Crippen LogP contribution < -0.4 is 5.73 Å². The van der Waals surface area contributed by atoms with E-state index in [9.17, 15) is 13.2 Å². The van der Waals surface area contributed by atoms with Gasteiger partial charge in [-0.1, -0.05) is 15.9 Å². The van der Waals surface area contributed by atoms with Crippen LogP contribution in [0.2, 0.25) is 0 Å². The van der Waals surface area contributed by atoms with Crippen LogP contribution in [0.25, 0.3) is 0 Å². The number of nitrogens with two attached hydrogens (primary N) is 1. The van der Waals surface area contributed by atoms with E-state index in [1.165, 1.54) is 12.1 Å². The molecule has 1 atom stereocenters. The molecule has 0 unspecified atom stereocenters. The van der Waals surface area contributed by atoms with Crippen LogP contribution in [-0.2, 0) is 0 Å². The number of alkyl halides is 2. The van der Waals surface area contributed by atoms with E-state index in [2.05, 4.69) is 15.9 Å². The molecule has 1 rings (SSSR count). The van der Waals surface area contributed by atoms with Gasteiger partial charge in [-0.2, -0.15) is 0 Å². The summed E-state index contributed by atoms with van der Waals surface area (Å²) in [5.41, 5.74) is 5.22. The summed E-state index contributed by atoms with van der Waals surface area (Å²) in [4.78, 5) is 0. The van der Waals surface area contributed by atoms with Gasteiger partial charge in [-0.3, -0.25) is 0 Å². The monoisotopic (exact) mass is 289 g/mol. The van der Waals surface area contributed by atoms with Crippen molar-refractivity contribution >= 4 is 28.3 Å². The van der Waals surface area contributed by atoms with Crippen LogP contribution in [0.4, 0.5) is 13.2 Å². The molecule has 1 aromatic rings. The first kappa shape index (κ1) is 13.7. The van der Waals surface area contributed by atoms with Crippen molar-refractivity contribution < 1.29 is 13.2 Å². The highest BCUT2D eigenvalue weighted by Crippen LogP contribution is 2.22. The highest BCUT2D eigenvalue weighted by atomic mass is 79.9. The van der Waals surface area contributed by atoms with E-state index >= 15 is 0 Å². The second-order valence-electron chi connectivity index (χ2n) is 2.56. The van der Waals surface area contributed by atoms with Crippen molar-refractivity contribution in [3.05, 3.63) is 34.1 Å². The van der Waals surface area contributed by atoms with Crippen molar-refractivity contribution in [3.8, 4) is 0 Å². The van der Waals surface area contributed by atoms with Crippen molar-refractivity contribution in [2.45, 2.75) is 12.5 Å². The van der Waals surface area contributed by atoms with Gasteiger partial charge in [-0.15, -0.1) is 12.4 Å². The van der Waals surface area contributed by atoms with Gasteiger partial charge in [-0.25, -0.2) is 13.2 Å². The highest BCUT2D eigenvalue weighted by Gasteiger charge is 2.18. The molecule has 0 heterocycles. The lowest BCUT2D eigenvalue weighted by molar-refractivity contribution is 0.116. The van der Waals surface area contributed by atoms with Gasteiger partial charge in [0.1, 0.15) is 5.82 Å². The summed E-state index contributed by atoms with van der Waals surface area (Å²) in [5, 5.41) is 0.